The lowest BCUT2D eigenvalue weighted by Crippen LogP contribution is -2.21. The van der Waals surface area contributed by atoms with Crippen LogP contribution in [0.3, 0.4) is 0 Å². The molecule has 1 fully saturated rings. The molecule has 0 aliphatic heterocycles. The molecule has 2 nitrogen and oxygen atoms in total. The zero-order valence-electron chi connectivity index (χ0n) is 10.3. The van der Waals surface area contributed by atoms with Crippen molar-refractivity contribution < 1.29 is 4.39 Å². The summed E-state index contributed by atoms with van der Waals surface area (Å²) in [4.78, 5) is 2.15. The number of rotatable bonds is 4. The van der Waals surface area contributed by atoms with E-state index in [2.05, 4.69) is 11.8 Å². The van der Waals surface area contributed by atoms with E-state index in [-0.39, 0.29) is 5.82 Å². The molecule has 2 rings (SSSR count). The van der Waals surface area contributed by atoms with Crippen LogP contribution in [-0.4, -0.2) is 18.5 Å². The molecule has 3 heteroatoms. The van der Waals surface area contributed by atoms with Gasteiger partial charge in [-0.15, -0.1) is 0 Å². The highest BCUT2D eigenvalue weighted by molar-refractivity contribution is 5.32. The maximum Gasteiger partial charge on any atom is 0.129 e. The first-order valence-electron chi connectivity index (χ1n) is 5.97. The summed E-state index contributed by atoms with van der Waals surface area (Å²) >= 11 is 0. The maximum absolute atomic E-state index is 13.6. The maximum atomic E-state index is 13.6. The lowest BCUT2D eigenvalue weighted by Gasteiger charge is -2.16. The van der Waals surface area contributed by atoms with Gasteiger partial charge in [0.25, 0.3) is 0 Å². The molecule has 1 aliphatic carbocycles. The first kappa shape index (κ1) is 12.1. The van der Waals surface area contributed by atoms with Crippen molar-refractivity contribution in [3.05, 3.63) is 35.1 Å². The fourth-order valence-electron chi connectivity index (χ4n) is 2.15. The number of hydrogen-bond acceptors (Lipinski definition) is 2. The third-order valence-corrected chi connectivity index (χ3v) is 3.44. The Labute approximate surface area is 102 Å². The molecule has 17 heavy (non-hydrogen) atoms. The Morgan fingerprint density at radius 2 is 2.24 bits per heavy atom. The van der Waals surface area contributed by atoms with Crippen LogP contribution in [0.15, 0.2) is 18.2 Å². The first-order valence-corrected chi connectivity index (χ1v) is 5.97. The summed E-state index contributed by atoms with van der Waals surface area (Å²) in [6, 6.07) is 6.63. The highest BCUT2D eigenvalue weighted by Gasteiger charge is 2.33. The Hall–Kier alpha value is -1.40. The minimum atomic E-state index is -0.278. The second kappa shape index (κ2) is 4.85. The minimum absolute atomic E-state index is 0.278. The molecular formula is C14H17FN2. The monoisotopic (exact) mass is 232 g/mol. The molecule has 90 valence electrons. The van der Waals surface area contributed by atoms with Crippen molar-refractivity contribution in [2.75, 3.05) is 13.6 Å². The van der Waals surface area contributed by atoms with Gasteiger partial charge < -0.3 is 4.90 Å². The van der Waals surface area contributed by atoms with Gasteiger partial charge in [-0.05, 0) is 37.4 Å². The van der Waals surface area contributed by atoms with Gasteiger partial charge in [0.05, 0.1) is 11.6 Å². The zero-order chi connectivity index (χ0) is 12.4. The van der Waals surface area contributed by atoms with Crippen molar-refractivity contribution in [3.8, 4) is 6.07 Å². The number of nitriles is 1. The molecule has 0 N–H and O–H groups in total. The van der Waals surface area contributed by atoms with Crippen molar-refractivity contribution in [2.45, 2.75) is 19.9 Å². The topological polar surface area (TPSA) is 27.0 Å². The summed E-state index contributed by atoms with van der Waals surface area (Å²) in [6.07, 6.45) is 1.29. The van der Waals surface area contributed by atoms with E-state index in [4.69, 9.17) is 5.26 Å². The molecular weight excluding hydrogens is 215 g/mol. The Morgan fingerprint density at radius 1 is 1.53 bits per heavy atom. The summed E-state index contributed by atoms with van der Waals surface area (Å²) in [7, 11) is 2.02. The highest BCUT2D eigenvalue weighted by Crippen LogP contribution is 2.38. The van der Waals surface area contributed by atoms with Crippen LogP contribution in [-0.2, 0) is 6.54 Å². The smallest absolute Gasteiger partial charge is 0.129 e. The standard InChI is InChI=1S/C14H17FN2/c1-10-5-13(10)9-17(2)8-12-4-3-11(7-16)6-14(12)15/h3-4,6,10,13H,5,8-9H2,1-2H3. The average Bonchev–Trinajstić information content (AvgIpc) is 2.97. The second-order valence-electron chi connectivity index (χ2n) is 5.09. The van der Waals surface area contributed by atoms with Gasteiger partial charge in [-0.3, -0.25) is 0 Å². The van der Waals surface area contributed by atoms with E-state index in [1.807, 2.05) is 13.1 Å². The van der Waals surface area contributed by atoms with Crippen molar-refractivity contribution in [1.29, 1.82) is 5.26 Å². The van der Waals surface area contributed by atoms with Crippen molar-refractivity contribution in [3.63, 3.8) is 0 Å². The van der Waals surface area contributed by atoms with E-state index in [0.29, 0.717) is 17.7 Å². The molecule has 0 radical (unpaired) electrons. The van der Waals surface area contributed by atoms with E-state index in [0.717, 1.165) is 18.4 Å². The van der Waals surface area contributed by atoms with Crippen LogP contribution in [0.25, 0.3) is 0 Å². The Morgan fingerprint density at radius 3 is 2.76 bits per heavy atom. The summed E-state index contributed by atoms with van der Waals surface area (Å²) in [5.41, 5.74) is 1.05. The fourth-order valence-corrected chi connectivity index (χ4v) is 2.15. The Bertz CT molecular complexity index is 450. The van der Waals surface area contributed by atoms with Crippen LogP contribution in [0.4, 0.5) is 4.39 Å². The van der Waals surface area contributed by atoms with Crippen LogP contribution in [0.2, 0.25) is 0 Å². The quantitative estimate of drug-likeness (QED) is 0.798. The molecule has 1 aromatic rings. The predicted molar refractivity (Wildman–Crippen MR) is 64.7 cm³/mol. The molecule has 1 aromatic carbocycles. The van der Waals surface area contributed by atoms with Crippen molar-refractivity contribution >= 4 is 0 Å². The SMILES string of the molecule is CC1CC1CN(C)Cc1ccc(C#N)cc1F. The molecule has 0 heterocycles. The van der Waals surface area contributed by atoms with E-state index >= 15 is 0 Å². The number of halogens is 1. The minimum Gasteiger partial charge on any atom is -0.302 e. The molecule has 1 aliphatic rings. The van der Waals surface area contributed by atoms with Crippen LogP contribution in [0.5, 0.6) is 0 Å². The molecule has 0 aromatic heterocycles. The van der Waals surface area contributed by atoms with E-state index in [1.165, 1.54) is 12.5 Å². The van der Waals surface area contributed by atoms with Gasteiger partial charge in [-0.1, -0.05) is 13.0 Å². The lowest BCUT2D eigenvalue weighted by molar-refractivity contribution is 0.303. The van der Waals surface area contributed by atoms with Gasteiger partial charge in [-0.2, -0.15) is 5.26 Å². The Kier molecular flexibility index (Phi) is 3.44. The Balaban J connectivity index is 1.96. The van der Waals surface area contributed by atoms with E-state index < -0.39 is 0 Å². The van der Waals surface area contributed by atoms with Gasteiger partial charge in [0.2, 0.25) is 0 Å². The fraction of sp³-hybridized carbons (Fsp3) is 0.500. The van der Waals surface area contributed by atoms with Gasteiger partial charge in [0.15, 0.2) is 0 Å². The molecule has 2 atom stereocenters. The van der Waals surface area contributed by atoms with Gasteiger partial charge in [-0.25, -0.2) is 4.39 Å². The average molecular weight is 232 g/mol. The summed E-state index contributed by atoms with van der Waals surface area (Å²) in [6.45, 7) is 3.89. The molecule has 0 saturated heterocycles. The number of hydrogen-bond donors (Lipinski definition) is 0. The van der Waals surface area contributed by atoms with Crippen LogP contribution in [0.1, 0.15) is 24.5 Å². The molecule has 2 unspecified atom stereocenters. The van der Waals surface area contributed by atoms with Crippen LogP contribution >= 0.6 is 0 Å². The lowest BCUT2D eigenvalue weighted by atomic mass is 10.1. The van der Waals surface area contributed by atoms with E-state index in [9.17, 15) is 4.39 Å². The summed E-state index contributed by atoms with van der Waals surface area (Å²) < 4.78 is 13.6. The van der Waals surface area contributed by atoms with Crippen LogP contribution < -0.4 is 0 Å². The highest BCUT2D eigenvalue weighted by atomic mass is 19.1. The second-order valence-corrected chi connectivity index (χ2v) is 5.09. The molecule has 0 spiro atoms. The largest absolute Gasteiger partial charge is 0.302 e. The third-order valence-electron chi connectivity index (χ3n) is 3.44. The van der Waals surface area contributed by atoms with Crippen LogP contribution in [0, 0.1) is 29.0 Å². The molecule has 0 amide bonds. The van der Waals surface area contributed by atoms with Gasteiger partial charge >= 0.3 is 0 Å². The van der Waals surface area contributed by atoms with Gasteiger partial charge in [0.1, 0.15) is 5.82 Å². The first-order chi connectivity index (χ1) is 8.10. The zero-order valence-corrected chi connectivity index (χ0v) is 10.3. The van der Waals surface area contributed by atoms with Gasteiger partial charge in [0, 0.05) is 18.7 Å². The summed E-state index contributed by atoms with van der Waals surface area (Å²) in [5, 5.41) is 8.66. The predicted octanol–water partition coefficient (Wildman–Crippen LogP) is 2.79. The van der Waals surface area contributed by atoms with E-state index in [1.54, 1.807) is 12.1 Å². The molecule has 0 bridgehead atoms. The third kappa shape index (κ3) is 3.04. The number of nitrogens with zero attached hydrogens (tertiary/aromatic N) is 2. The summed E-state index contributed by atoms with van der Waals surface area (Å²) in [5.74, 6) is 1.32. The molecule has 1 saturated carbocycles. The van der Waals surface area contributed by atoms with Crippen molar-refractivity contribution in [2.24, 2.45) is 11.8 Å². The van der Waals surface area contributed by atoms with Crippen molar-refractivity contribution in [1.82, 2.24) is 4.90 Å². The number of benzene rings is 1. The normalized spacial score (nSPS) is 22.5.